The van der Waals surface area contributed by atoms with Gasteiger partial charge in [0.15, 0.2) is 5.69 Å². The van der Waals surface area contributed by atoms with Crippen molar-refractivity contribution in [2.24, 2.45) is 0 Å². The van der Waals surface area contributed by atoms with Crippen molar-refractivity contribution in [2.75, 3.05) is 0 Å². The summed E-state index contributed by atoms with van der Waals surface area (Å²) in [5.74, 6) is -1.65. The van der Waals surface area contributed by atoms with Gasteiger partial charge in [0, 0.05) is 17.5 Å². The number of H-pyrrole nitrogens is 2. The molecule has 0 amide bonds. The van der Waals surface area contributed by atoms with Crippen LogP contribution in [0.5, 0.6) is 11.5 Å². The Bertz CT molecular complexity index is 1290. The van der Waals surface area contributed by atoms with Crippen molar-refractivity contribution in [3.05, 3.63) is 78.3 Å². The van der Waals surface area contributed by atoms with E-state index < -0.39 is 46.7 Å². The maximum absolute atomic E-state index is 13.6. The minimum Gasteiger partial charge on any atom is -0.449 e. The summed E-state index contributed by atoms with van der Waals surface area (Å²) in [6, 6.07) is 5.52. The second-order valence-electron chi connectivity index (χ2n) is 6.05. The normalized spacial score (nSPS) is 11.0. The second-order valence-corrected chi connectivity index (χ2v) is 6.44. The summed E-state index contributed by atoms with van der Waals surface area (Å²) in [4.78, 5) is 30.0. The zero-order valence-corrected chi connectivity index (χ0v) is 15.9. The monoisotopic (exact) mass is 455 g/mol. The van der Waals surface area contributed by atoms with Gasteiger partial charge < -0.3 is 9.72 Å². The molecule has 0 spiro atoms. The number of nitriles is 1. The Morgan fingerprint density at radius 1 is 1.10 bits per heavy atom. The van der Waals surface area contributed by atoms with Crippen LogP contribution in [-0.2, 0) is 6.42 Å². The number of benzene rings is 1. The summed E-state index contributed by atoms with van der Waals surface area (Å²) >= 11 is 5.68. The molecule has 0 fully saturated rings. The van der Waals surface area contributed by atoms with Crippen molar-refractivity contribution in [1.82, 2.24) is 20.2 Å². The molecule has 13 heteroatoms. The van der Waals surface area contributed by atoms with E-state index in [1.54, 1.807) is 6.07 Å². The first-order chi connectivity index (χ1) is 14.7. The Kier molecular flexibility index (Phi) is 6.36. The lowest BCUT2D eigenvalue weighted by atomic mass is 10.1. The molecule has 2 aromatic heterocycles. The molecule has 0 saturated carbocycles. The van der Waals surface area contributed by atoms with Crippen molar-refractivity contribution in [3.8, 4) is 17.6 Å². The van der Waals surface area contributed by atoms with E-state index in [4.69, 9.17) is 21.6 Å². The number of hydrogen-bond donors (Lipinski definition) is 2. The van der Waals surface area contributed by atoms with Crippen LogP contribution >= 0.6 is 11.6 Å². The smallest absolute Gasteiger partial charge is 0.294 e. The number of aromatic nitrogens is 4. The number of nitrogens with one attached hydrogen (secondary N) is 2. The molecule has 0 unspecified atom stereocenters. The number of alkyl halides is 4. The number of ether oxygens (including phenoxy) is 1. The molecule has 0 aliphatic carbocycles. The molecule has 8 nitrogen and oxygen atoms in total. The van der Waals surface area contributed by atoms with E-state index in [1.807, 2.05) is 0 Å². The fourth-order valence-corrected chi connectivity index (χ4v) is 2.75. The van der Waals surface area contributed by atoms with E-state index in [1.165, 1.54) is 6.07 Å². The Morgan fingerprint density at radius 3 is 2.48 bits per heavy atom. The van der Waals surface area contributed by atoms with Crippen LogP contribution in [0.2, 0.25) is 5.15 Å². The summed E-state index contributed by atoms with van der Waals surface area (Å²) in [6.45, 7) is 0. The Balaban J connectivity index is 2.03. The van der Waals surface area contributed by atoms with Gasteiger partial charge in [0.2, 0.25) is 5.75 Å². The van der Waals surface area contributed by atoms with Crippen molar-refractivity contribution >= 4 is 11.6 Å². The minimum atomic E-state index is -3.27. The molecular weight excluding hydrogens is 446 g/mol. The molecule has 3 aromatic rings. The van der Waals surface area contributed by atoms with E-state index in [2.05, 4.69) is 20.2 Å². The van der Waals surface area contributed by atoms with Gasteiger partial charge in [-0.2, -0.15) is 10.4 Å². The van der Waals surface area contributed by atoms with Crippen LogP contribution in [0.25, 0.3) is 0 Å². The number of hydrogen-bond acceptors (Lipinski definition) is 6. The van der Waals surface area contributed by atoms with E-state index in [0.717, 1.165) is 18.2 Å². The molecule has 0 aliphatic heterocycles. The summed E-state index contributed by atoms with van der Waals surface area (Å²) in [6.07, 6.45) is -6.59. The van der Waals surface area contributed by atoms with E-state index >= 15 is 0 Å². The van der Waals surface area contributed by atoms with E-state index in [0.29, 0.717) is 0 Å². The molecule has 0 radical (unpaired) electrons. The summed E-state index contributed by atoms with van der Waals surface area (Å²) in [7, 11) is 0. The molecule has 2 N–H and O–H groups in total. The standard InChI is InChI=1S/C18H10ClF4N5O3/c19-11-4-9(17(29)28-27-11)5-12-25-13(16(22)23)14(18(30)26-12)31-10-2-7(6-24)1-8(3-10)15(20)21/h1-4,15-16H,5H2,(H,28,29)(H,25,26,30). The number of nitrogens with zero attached hydrogens (tertiary/aromatic N) is 3. The summed E-state index contributed by atoms with van der Waals surface area (Å²) in [5, 5.41) is 14.4. The van der Waals surface area contributed by atoms with Gasteiger partial charge in [0.25, 0.3) is 24.0 Å². The molecule has 0 bridgehead atoms. The van der Waals surface area contributed by atoms with Crippen LogP contribution in [0.1, 0.15) is 41.1 Å². The average molecular weight is 456 g/mol. The van der Waals surface area contributed by atoms with Gasteiger partial charge in [-0.15, -0.1) is 0 Å². The molecular formula is C18H10ClF4N5O3. The van der Waals surface area contributed by atoms with E-state index in [-0.39, 0.29) is 28.5 Å². The van der Waals surface area contributed by atoms with Crippen LogP contribution in [0, 0.1) is 11.3 Å². The van der Waals surface area contributed by atoms with Gasteiger partial charge in [0.05, 0.1) is 11.6 Å². The zero-order chi connectivity index (χ0) is 22.7. The predicted octanol–water partition coefficient (Wildman–Crippen LogP) is 3.64. The molecule has 0 saturated heterocycles. The topological polar surface area (TPSA) is 125 Å². The highest BCUT2D eigenvalue weighted by atomic mass is 35.5. The fraction of sp³-hybridized carbons (Fsp3) is 0.167. The lowest BCUT2D eigenvalue weighted by Gasteiger charge is -2.12. The van der Waals surface area contributed by atoms with Gasteiger partial charge in [-0.3, -0.25) is 9.59 Å². The highest BCUT2D eigenvalue weighted by Gasteiger charge is 2.23. The minimum absolute atomic E-state index is 0.000307. The molecule has 0 aliphatic rings. The predicted molar refractivity (Wildman–Crippen MR) is 98.7 cm³/mol. The summed E-state index contributed by atoms with van der Waals surface area (Å²) in [5.41, 5.74) is -3.70. The number of rotatable bonds is 6. The molecule has 0 atom stereocenters. The third-order valence-corrected chi connectivity index (χ3v) is 4.09. The lowest BCUT2D eigenvalue weighted by molar-refractivity contribution is 0.141. The van der Waals surface area contributed by atoms with Gasteiger partial charge in [-0.25, -0.2) is 27.6 Å². The largest absolute Gasteiger partial charge is 0.449 e. The summed E-state index contributed by atoms with van der Waals surface area (Å²) < 4.78 is 58.2. The molecule has 31 heavy (non-hydrogen) atoms. The van der Waals surface area contributed by atoms with Crippen molar-refractivity contribution in [2.45, 2.75) is 19.3 Å². The van der Waals surface area contributed by atoms with Crippen molar-refractivity contribution < 1.29 is 22.3 Å². The molecule has 3 rings (SSSR count). The van der Waals surface area contributed by atoms with Crippen LogP contribution in [0.4, 0.5) is 17.6 Å². The number of aromatic amines is 2. The maximum atomic E-state index is 13.6. The van der Waals surface area contributed by atoms with Crippen LogP contribution in [0.15, 0.2) is 33.9 Å². The van der Waals surface area contributed by atoms with Crippen LogP contribution in [0.3, 0.4) is 0 Å². The Labute approximate surface area is 175 Å². The third kappa shape index (κ3) is 5.07. The zero-order valence-electron chi connectivity index (χ0n) is 15.1. The highest BCUT2D eigenvalue weighted by Crippen LogP contribution is 2.31. The van der Waals surface area contributed by atoms with Gasteiger partial charge in [0.1, 0.15) is 16.7 Å². The lowest BCUT2D eigenvalue weighted by Crippen LogP contribution is -2.20. The van der Waals surface area contributed by atoms with Gasteiger partial charge in [-0.1, -0.05) is 11.6 Å². The van der Waals surface area contributed by atoms with Crippen molar-refractivity contribution in [1.29, 1.82) is 5.26 Å². The maximum Gasteiger partial charge on any atom is 0.294 e. The molecule has 2 heterocycles. The van der Waals surface area contributed by atoms with Crippen LogP contribution < -0.4 is 15.9 Å². The van der Waals surface area contributed by atoms with Gasteiger partial charge in [-0.05, 0) is 24.3 Å². The Hall–Kier alpha value is -3.72. The first-order valence-corrected chi connectivity index (χ1v) is 8.72. The van der Waals surface area contributed by atoms with Gasteiger partial charge >= 0.3 is 0 Å². The average Bonchev–Trinajstić information content (AvgIpc) is 2.72. The molecule has 160 valence electrons. The van der Waals surface area contributed by atoms with Crippen molar-refractivity contribution in [3.63, 3.8) is 0 Å². The molecule has 1 aromatic carbocycles. The van der Waals surface area contributed by atoms with Crippen LogP contribution in [-0.4, -0.2) is 20.2 Å². The highest BCUT2D eigenvalue weighted by molar-refractivity contribution is 6.29. The van der Waals surface area contributed by atoms with E-state index in [9.17, 15) is 27.2 Å². The fourth-order valence-electron chi connectivity index (χ4n) is 2.58. The number of halogens is 5. The quantitative estimate of drug-likeness (QED) is 0.547. The Morgan fingerprint density at radius 2 is 1.84 bits per heavy atom. The first kappa shape index (κ1) is 22.0. The second kappa shape index (κ2) is 8.97. The third-order valence-electron chi connectivity index (χ3n) is 3.90. The first-order valence-electron chi connectivity index (χ1n) is 8.34. The SMILES string of the molecule is N#Cc1cc(Oc2c(C(F)F)nc(Cc3cc(Cl)n[nH]c3=O)[nH]c2=O)cc(C(F)F)c1.